The molecule has 1 heterocycles. The van der Waals surface area contributed by atoms with Gasteiger partial charge >= 0.3 is 0 Å². The summed E-state index contributed by atoms with van der Waals surface area (Å²) in [6.07, 6.45) is 0.741. The number of hydrogen-bond donors (Lipinski definition) is 0. The van der Waals surface area contributed by atoms with E-state index in [2.05, 4.69) is 10.1 Å². The van der Waals surface area contributed by atoms with E-state index in [-0.39, 0.29) is 0 Å². The van der Waals surface area contributed by atoms with Crippen molar-refractivity contribution >= 4 is 0 Å². The highest BCUT2D eigenvalue weighted by Crippen LogP contribution is 2.20. The molecule has 0 saturated heterocycles. The molecule has 0 aliphatic rings. The van der Waals surface area contributed by atoms with Gasteiger partial charge in [0.15, 0.2) is 0 Å². The maximum Gasteiger partial charge on any atom is 0.226 e. The molecule has 4 heteroatoms. The summed E-state index contributed by atoms with van der Waals surface area (Å²) in [5, 5.41) is 3.95. The third kappa shape index (κ3) is 3.28. The molecule has 1 aromatic heterocycles. The van der Waals surface area contributed by atoms with Gasteiger partial charge in [-0.25, -0.2) is 0 Å². The first kappa shape index (κ1) is 13.4. The Kier molecular flexibility index (Phi) is 3.96. The lowest BCUT2D eigenvalue weighted by Crippen LogP contribution is -1.94. The number of hydrogen-bond acceptors (Lipinski definition) is 4. The van der Waals surface area contributed by atoms with Crippen LogP contribution in [0.5, 0.6) is 5.75 Å². The second kappa shape index (κ2) is 6.22. The molecule has 0 atom stereocenters. The summed E-state index contributed by atoms with van der Waals surface area (Å²) in [4.78, 5) is 4.30. The summed E-state index contributed by atoms with van der Waals surface area (Å²) in [6, 6.07) is 17.8. The molecule has 3 aromatic rings. The Morgan fingerprint density at radius 2 is 1.76 bits per heavy atom. The Bertz CT molecular complexity index is 690. The first-order valence-corrected chi connectivity index (χ1v) is 6.95. The fourth-order valence-corrected chi connectivity index (χ4v) is 1.96. The van der Waals surface area contributed by atoms with Gasteiger partial charge in [0.1, 0.15) is 12.4 Å². The van der Waals surface area contributed by atoms with Crippen molar-refractivity contribution in [3.8, 4) is 17.1 Å². The van der Waals surface area contributed by atoms with Crippen LogP contribution >= 0.6 is 0 Å². The molecule has 0 bridgehead atoms. The molecule has 0 spiro atoms. The highest BCUT2D eigenvalue weighted by Gasteiger charge is 2.07. The highest BCUT2D eigenvalue weighted by atomic mass is 16.5. The van der Waals surface area contributed by atoms with Crippen LogP contribution in [0.2, 0.25) is 0 Å². The van der Waals surface area contributed by atoms with E-state index < -0.39 is 0 Å². The molecule has 0 fully saturated rings. The van der Waals surface area contributed by atoms with Gasteiger partial charge in [0.2, 0.25) is 11.7 Å². The second-order valence-electron chi connectivity index (χ2n) is 4.66. The Morgan fingerprint density at radius 3 is 2.43 bits per heavy atom. The number of ether oxygens (including phenoxy) is 1. The molecule has 106 valence electrons. The van der Waals surface area contributed by atoms with Crippen LogP contribution < -0.4 is 4.74 Å². The number of aryl methyl sites for hydroxylation is 1. The van der Waals surface area contributed by atoms with Gasteiger partial charge < -0.3 is 9.26 Å². The fourth-order valence-electron chi connectivity index (χ4n) is 1.96. The van der Waals surface area contributed by atoms with Gasteiger partial charge in [-0.3, -0.25) is 0 Å². The van der Waals surface area contributed by atoms with Gasteiger partial charge in [-0.15, -0.1) is 0 Å². The molecule has 0 aliphatic heterocycles. The fraction of sp³-hybridized carbons (Fsp3) is 0.176. The van der Waals surface area contributed by atoms with Crippen LogP contribution in [0, 0.1) is 0 Å². The number of rotatable bonds is 5. The highest BCUT2D eigenvalue weighted by molar-refractivity contribution is 5.55. The third-order valence-corrected chi connectivity index (χ3v) is 3.13. The second-order valence-corrected chi connectivity index (χ2v) is 4.66. The van der Waals surface area contributed by atoms with E-state index >= 15 is 0 Å². The largest absolute Gasteiger partial charge is 0.489 e. The maximum absolute atomic E-state index is 5.75. The molecule has 0 N–H and O–H groups in total. The van der Waals surface area contributed by atoms with Crippen molar-refractivity contribution in [2.75, 3.05) is 0 Å². The van der Waals surface area contributed by atoms with Gasteiger partial charge in [0, 0.05) is 12.0 Å². The Morgan fingerprint density at radius 1 is 1.00 bits per heavy atom. The standard InChI is InChI=1S/C17H16N2O2/c1-2-16-18-17(19-21-16)14-8-10-15(11-9-14)20-12-13-6-4-3-5-7-13/h3-11H,2,12H2,1H3. The zero-order valence-corrected chi connectivity index (χ0v) is 11.8. The van der Waals surface area contributed by atoms with E-state index in [1.54, 1.807) is 0 Å². The molecule has 0 saturated carbocycles. The lowest BCUT2D eigenvalue weighted by Gasteiger charge is -2.06. The zero-order chi connectivity index (χ0) is 14.5. The lowest BCUT2D eigenvalue weighted by molar-refractivity contribution is 0.306. The van der Waals surface area contributed by atoms with Crippen LogP contribution in [0.3, 0.4) is 0 Å². The minimum atomic E-state index is 0.558. The quantitative estimate of drug-likeness (QED) is 0.711. The summed E-state index contributed by atoms with van der Waals surface area (Å²) < 4.78 is 10.9. The van der Waals surface area contributed by atoms with E-state index in [1.807, 2.05) is 61.5 Å². The SMILES string of the molecule is CCc1nc(-c2ccc(OCc3ccccc3)cc2)no1. The summed E-state index contributed by atoms with van der Waals surface area (Å²) in [6.45, 7) is 2.54. The van der Waals surface area contributed by atoms with E-state index in [0.29, 0.717) is 18.3 Å². The topological polar surface area (TPSA) is 48.2 Å². The van der Waals surface area contributed by atoms with Crippen LogP contribution in [0.25, 0.3) is 11.4 Å². The van der Waals surface area contributed by atoms with Gasteiger partial charge in [-0.1, -0.05) is 42.4 Å². The van der Waals surface area contributed by atoms with Crippen molar-refractivity contribution in [1.29, 1.82) is 0 Å². The van der Waals surface area contributed by atoms with Crippen molar-refractivity contribution in [1.82, 2.24) is 10.1 Å². The molecular weight excluding hydrogens is 264 g/mol. The summed E-state index contributed by atoms with van der Waals surface area (Å²) in [5.41, 5.74) is 2.07. The van der Waals surface area contributed by atoms with Crippen LogP contribution in [0.15, 0.2) is 59.1 Å². The van der Waals surface area contributed by atoms with E-state index in [4.69, 9.17) is 9.26 Å². The predicted octanol–water partition coefficient (Wildman–Crippen LogP) is 3.88. The molecule has 0 radical (unpaired) electrons. The molecular formula is C17H16N2O2. The van der Waals surface area contributed by atoms with Crippen molar-refractivity contribution in [3.05, 3.63) is 66.1 Å². The number of nitrogens with zero attached hydrogens (tertiary/aromatic N) is 2. The number of aromatic nitrogens is 2. The smallest absolute Gasteiger partial charge is 0.226 e. The molecule has 2 aromatic carbocycles. The van der Waals surface area contributed by atoms with Crippen LogP contribution in [-0.2, 0) is 13.0 Å². The van der Waals surface area contributed by atoms with Gasteiger partial charge in [-0.05, 0) is 29.8 Å². The Labute approximate surface area is 123 Å². The maximum atomic E-state index is 5.75. The molecule has 21 heavy (non-hydrogen) atoms. The average Bonchev–Trinajstić information content (AvgIpc) is 3.03. The normalized spacial score (nSPS) is 10.5. The molecule has 4 nitrogen and oxygen atoms in total. The minimum Gasteiger partial charge on any atom is -0.489 e. The summed E-state index contributed by atoms with van der Waals surface area (Å²) in [7, 11) is 0. The third-order valence-electron chi connectivity index (χ3n) is 3.13. The first-order chi connectivity index (χ1) is 10.3. The summed E-state index contributed by atoms with van der Waals surface area (Å²) >= 11 is 0. The van der Waals surface area contributed by atoms with E-state index in [9.17, 15) is 0 Å². The van der Waals surface area contributed by atoms with Crippen molar-refractivity contribution < 1.29 is 9.26 Å². The monoisotopic (exact) mass is 280 g/mol. The van der Waals surface area contributed by atoms with Gasteiger partial charge in [0.25, 0.3) is 0 Å². The Balaban J connectivity index is 1.66. The van der Waals surface area contributed by atoms with Crippen LogP contribution in [-0.4, -0.2) is 10.1 Å². The minimum absolute atomic E-state index is 0.558. The van der Waals surface area contributed by atoms with Crippen molar-refractivity contribution in [2.24, 2.45) is 0 Å². The molecule has 0 aliphatic carbocycles. The summed E-state index contributed by atoms with van der Waals surface area (Å²) in [5.74, 6) is 2.08. The average molecular weight is 280 g/mol. The molecule has 3 rings (SSSR count). The van der Waals surface area contributed by atoms with Crippen molar-refractivity contribution in [2.45, 2.75) is 20.0 Å². The van der Waals surface area contributed by atoms with Gasteiger partial charge in [-0.2, -0.15) is 4.98 Å². The van der Waals surface area contributed by atoms with E-state index in [1.165, 1.54) is 0 Å². The van der Waals surface area contributed by atoms with Gasteiger partial charge in [0.05, 0.1) is 0 Å². The Hall–Kier alpha value is -2.62. The number of benzene rings is 2. The van der Waals surface area contributed by atoms with E-state index in [0.717, 1.165) is 23.3 Å². The zero-order valence-electron chi connectivity index (χ0n) is 11.8. The van der Waals surface area contributed by atoms with Crippen LogP contribution in [0.4, 0.5) is 0 Å². The first-order valence-electron chi connectivity index (χ1n) is 6.95. The van der Waals surface area contributed by atoms with Crippen LogP contribution in [0.1, 0.15) is 18.4 Å². The molecule has 0 amide bonds. The lowest BCUT2D eigenvalue weighted by atomic mass is 10.2. The predicted molar refractivity (Wildman–Crippen MR) is 79.9 cm³/mol. The van der Waals surface area contributed by atoms with Crippen molar-refractivity contribution in [3.63, 3.8) is 0 Å². The molecule has 0 unspecified atom stereocenters.